The molecule has 3 amide bonds. The molecule has 1 saturated heterocycles. The first kappa shape index (κ1) is 20.2. The van der Waals surface area contributed by atoms with Crippen molar-refractivity contribution in [2.75, 3.05) is 13.7 Å². The van der Waals surface area contributed by atoms with Crippen LogP contribution in [0.15, 0.2) is 29.3 Å². The van der Waals surface area contributed by atoms with Crippen LogP contribution >= 0.6 is 11.8 Å². The number of urea groups is 1. The van der Waals surface area contributed by atoms with Gasteiger partial charge in [0.15, 0.2) is 17.4 Å². The maximum absolute atomic E-state index is 12.6. The van der Waals surface area contributed by atoms with Gasteiger partial charge in [0.1, 0.15) is 5.25 Å². The van der Waals surface area contributed by atoms with E-state index in [2.05, 4.69) is 10.3 Å². The lowest BCUT2D eigenvalue weighted by Gasteiger charge is -2.36. The zero-order valence-electron chi connectivity index (χ0n) is 16.3. The summed E-state index contributed by atoms with van der Waals surface area (Å²) in [6.45, 7) is 6.25. The van der Waals surface area contributed by atoms with Gasteiger partial charge in [0.25, 0.3) is 5.91 Å². The van der Waals surface area contributed by atoms with Crippen LogP contribution < -0.4 is 5.32 Å². The van der Waals surface area contributed by atoms with E-state index in [1.54, 1.807) is 20.9 Å². The molecule has 1 aromatic carbocycles. The van der Waals surface area contributed by atoms with Crippen molar-refractivity contribution in [3.8, 4) is 0 Å². The normalized spacial score (nSPS) is 22.5. The molecule has 150 valence electrons. The fraction of sp³-hybridized carbons (Fsp3) is 0.474. The van der Waals surface area contributed by atoms with Gasteiger partial charge in [0, 0.05) is 13.6 Å². The van der Waals surface area contributed by atoms with Gasteiger partial charge in [-0.25, -0.2) is 9.79 Å². The van der Waals surface area contributed by atoms with Crippen LogP contribution in [0.2, 0.25) is 0 Å². The summed E-state index contributed by atoms with van der Waals surface area (Å²) in [5, 5.41) is 2.44. The average Bonchev–Trinajstić information content (AvgIpc) is 3.00. The lowest BCUT2D eigenvalue weighted by molar-refractivity contribution is -0.142. The Morgan fingerprint density at radius 3 is 2.64 bits per heavy atom. The molecule has 28 heavy (non-hydrogen) atoms. The van der Waals surface area contributed by atoms with Crippen LogP contribution in [0.5, 0.6) is 0 Å². The van der Waals surface area contributed by atoms with Crippen LogP contribution in [-0.4, -0.2) is 64.0 Å². The summed E-state index contributed by atoms with van der Waals surface area (Å²) in [5.41, 5.74) is 2.15. The van der Waals surface area contributed by atoms with Crippen molar-refractivity contribution in [2.24, 2.45) is 4.99 Å². The molecule has 1 fully saturated rings. The Morgan fingerprint density at radius 2 is 2.00 bits per heavy atom. The Morgan fingerprint density at radius 1 is 1.32 bits per heavy atom. The molecule has 1 N–H and O–H groups in total. The zero-order chi connectivity index (χ0) is 20.4. The van der Waals surface area contributed by atoms with Crippen molar-refractivity contribution in [1.82, 2.24) is 15.1 Å². The van der Waals surface area contributed by atoms with Crippen LogP contribution in [0.4, 0.5) is 4.79 Å². The monoisotopic (exact) mass is 404 g/mol. The summed E-state index contributed by atoms with van der Waals surface area (Å²) in [7, 11) is 1.61. The first-order valence-corrected chi connectivity index (χ1v) is 10.0. The van der Waals surface area contributed by atoms with Gasteiger partial charge in [-0.15, -0.1) is 0 Å². The number of hydrogen-bond acceptors (Lipinski definition) is 7. The molecule has 3 rings (SSSR count). The number of likely N-dealkylation sites (N-methyl/N-ethyl adjacent to an activating group) is 1. The predicted molar refractivity (Wildman–Crippen MR) is 107 cm³/mol. The molecule has 3 unspecified atom stereocenters. The van der Waals surface area contributed by atoms with Gasteiger partial charge in [-0.2, -0.15) is 0 Å². The number of nitrogens with zero attached hydrogens (tertiary/aromatic N) is 3. The molecule has 0 saturated carbocycles. The van der Waals surface area contributed by atoms with Crippen molar-refractivity contribution in [3.63, 3.8) is 0 Å². The number of amides is 3. The molecule has 0 aromatic heterocycles. The summed E-state index contributed by atoms with van der Waals surface area (Å²) >= 11 is 1.24. The number of imide groups is 1. The Balaban J connectivity index is 1.88. The number of ether oxygens (including phenoxy) is 1. The second kappa shape index (κ2) is 8.22. The van der Waals surface area contributed by atoms with Gasteiger partial charge >= 0.3 is 12.0 Å². The van der Waals surface area contributed by atoms with Gasteiger partial charge in [0.05, 0.1) is 6.61 Å². The summed E-state index contributed by atoms with van der Waals surface area (Å²) in [6.07, 6.45) is -0.622. The van der Waals surface area contributed by atoms with Crippen molar-refractivity contribution in [1.29, 1.82) is 0 Å². The first-order valence-electron chi connectivity index (χ1n) is 9.12. The zero-order valence-corrected chi connectivity index (χ0v) is 17.2. The van der Waals surface area contributed by atoms with Crippen molar-refractivity contribution in [3.05, 3.63) is 35.4 Å². The van der Waals surface area contributed by atoms with E-state index in [0.29, 0.717) is 18.3 Å². The standard InChI is InChI=1S/C19H24N4O4S/c1-5-27-17(25)12(3)28-19-20-15-14(16(24)21-18(26)22(15)4)23(19)10-13-8-6-11(2)7-9-13/h6-9,12,14-15H,5,10H2,1-4H3,(H,21,24,26). The minimum Gasteiger partial charge on any atom is -0.465 e. The van der Waals surface area contributed by atoms with Crippen molar-refractivity contribution in [2.45, 2.75) is 44.8 Å². The minimum absolute atomic E-state index is 0.300. The second-order valence-corrected chi connectivity index (χ2v) is 8.11. The topological polar surface area (TPSA) is 91.3 Å². The molecule has 3 atom stereocenters. The number of benzene rings is 1. The molecular formula is C19H24N4O4S. The number of hydrogen-bond donors (Lipinski definition) is 1. The average molecular weight is 404 g/mol. The highest BCUT2D eigenvalue weighted by atomic mass is 32.2. The largest absolute Gasteiger partial charge is 0.465 e. The third-order valence-corrected chi connectivity index (χ3v) is 5.79. The number of carbonyl (C=O) groups excluding carboxylic acids is 3. The number of esters is 1. The Labute approximate surface area is 168 Å². The molecule has 1 aromatic rings. The lowest BCUT2D eigenvalue weighted by Crippen LogP contribution is -2.63. The highest BCUT2D eigenvalue weighted by molar-refractivity contribution is 8.14. The van der Waals surface area contributed by atoms with Crippen molar-refractivity contribution < 1.29 is 19.1 Å². The number of aliphatic imine (C=N–C) groups is 1. The first-order chi connectivity index (χ1) is 13.3. The second-order valence-electron chi connectivity index (χ2n) is 6.80. The highest BCUT2D eigenvalue weighted by Crippen LogP contribution is 2.32. The Kier molecular flexibility index (Phi) is 5.93. The van der Waals surface area contributed by atoms with Crippen LogP contribution in [-0.2, 0) is 20.9 Å². The predicted octanol–water partition coefficient (Wildman–Crippen LogP) is 1.73. The highest BCUT2D eigenvalue weighted by Gasteiger charge is 2.49. The van der Waals surface area contributed by atoms with Gasteiger partial charge in [-0.3, -0.25) is 14.9 Å². The van der Waals surface area contributed by atoms with Crippen molar-refractivity contribution >= 4 is 34.8 Å². The molecule has 2 aliphatic heterocycles. The minimum atomic E-state index is -0.638. The lowest BCUT2D eigenvalue weighted by atomic mass is 10.1. The van der Waals surface area contributed by atoms with Crippen LogP contribution in [0.25, 0.3) is 0 Å². The van der Waals surface area contributed by atoms with Gasteiger partial charge in [0.2, 0.25) is 0 Å². The molecule has 8 nitrogen and oxygen atoms in total. The number of nitrogens with one attached hydrogen (secondary N) is 1. The summed E-state index contributed by atoms with van der Waals surface area (Å²) in [5.74, 6) is -0.724. The molecular weight excluding hydrogens is 380 g/mol. The molecule has 0 bridgehead atoms. The summed E-state index contributed by atoms with van der Waals surface area (Å²) in [4.78, 5) is 44.5. The molecule has 2 heterocycles. The molecule has 9 heteroatoms. The van der Waals surface area contributed by atoms with E-state index in [-0.39, 0.29) is 11.9 Å². The number of thioether (sulfide) groups is 1. The molecule has 0 radical (unpaired) electrons. The fourth-order valence-corrected chi connectivity index (χ4v) is 4.08. The third-order valence-electron chi connectivity index (χ3n) is 4.70. The Bertz CT molecular complexity index is 811. The van der Waals surface area contributed by atoms with Gasteiger partial charge in [-0.05, 0) is 26.3 Å². The smallest absolute Gasteiger partial charge is 0.325 e. The quantitative estimate of drug-likeness (QED) is 0.752. The molecule has 0 spiro atoms. The van der Waals surface area contributed by atoms with E-state index in [1.807, 2.05) is 36.1 Å². The third kappa shape index (κ3) is 3.99. The van der Waals surface area contributed by atoms with Gasteiger partial charge < -0.3 is 14.5 Å². The molecule has 0 aliphatic carbocycles. The van der Waals surface area contributed by atoms with E-state index < -0.39 is 23.5 Å². The fourth-order valence-electron chi connectivity index (χ4n) is 3.12. The van der Waals surface area contributed by atoms with E-state index in [9.17, 15) is 14.4 Å². The maximum atomic E-state index is 12.6. The SMILES string of the molecule is CCOC(=O)C(C)SC1=NC2C(C(=O)NC(=O)N2C)N1Cc1ccc(C)cc1. The molecule has 2 aliphatic rings. The van der Waals surface area contributed by atoms with Crippen LogP contribution in [0.3, 0.4) is 0 Å². The van der Waals surface area contributed by atoms with Crippen LogP contribution in [0.1, 0.15) is 25.0 Å². The number of carbonyl (C=O) groups is 3. The summed E-state index contributed by atoms with van der Waals surface area (Å²) < 4.78 is 5.08. The van der Waals surface area contributed by atoms with E-state index in [1.165, 1.54) is 16.7 Å². The van der Waals surface area contributed by atoms with Gasteiger partial charge in [-0.1, -0.05) is 41.6 Å². The van der Waals surface area contributed by atoms with E-state index in [0.717, 1.165) is 11.1 Å². The number of fused-ring (bicyclic) bond motifs is 1. The van der Waals surface area contributed by atoms with E-state index >= 15 is 0 Å². The maximum Gasteiger partial charge on any atom is 0.325 e. The van der Waals surface area contributed by atoms with Crippen LogP contribution in [0, 0.1) is 6.92 Å². The number of aryl methyl sites for hydroxylation is 1. The number of rotatable bonds is 5. The summed E-state index contributed by atoms with van der Waals surface area (Å²) in [6, 6.07) is 6.89. The number of amidine groups is 1. The Hall–Kier alpha value is -2.55. The van der Waals surface area contributed by atoms with E-state index in [4.69, 9.17) is 4.74 Å².